The number of fused-ring (bicyclic) bond motifs is 2. The van der Waals surface area contributed by atoms with Crippen molar-refractivity contribution < 1.29 is 19.2 Å². The van der Waals surface area contributed by atoms with Gasteiger partial charge in [-0.05, 0) is 97.0 Å². The first kappa shape index (κ1) is 18.9. The second kappa shape index (κ2) is 13.3. The number of nitrogens with zero attached hydrogens (tertiary/aromatic N) is 1. The van der Waals surface area contributed by atoms with Crippen LogP contribution in [-0.4, -0.2) is 0 Å². The van der Waals surface area contributed by atoms with Gasteiger partial charge < -0.3 is 4.90 Å². The molecule has 0 aliphatic rings. The molecule has 0 bridgehead atoms. The van der Waals surface area contributed by atoms with Crippen molar-refractivity contribution >= 4 is 38.6 Å². The van der Waals surface area contributed by atoms with Crippen LogP contribution in [-0.2, 0) is 0 Å². The molecule has 0 spiro atoms. The first-order valence-electron chi connectivity index (χ1n) is 23.4. The Bertz CT molecular complexity index is 3340. The highest BCUT2D eigenvalue weighted by molar-refractivity contribution is 6.00. The van der Waals surface area contributed by atoms with Gasteiger partial charge in [0.15, 0.2) is 0 Å². The van der Waals surface area contributed by atoms with Crippen LogP contribution in [0.2, 0.25) is 0 Å². The van der Waals surface area contributed by atoms with E-state index < -0.39 is 84.6 Å². The van der Waals surface area contributed by atoms with Crippen molar-refractivity contribution in [2.45, 2.75) is 0 Å². The van der Waals surface area contributed by atoms with Crippen LogP contribution < -0.4 is 4.90 Å². The molecule has 9 rings (SSSR count). The molecule has 1 heteroatoms. The summed E-state index contributed by atoms with van der Waals surface area (Å²) in [5.41, 5.74) is 2.11. The molecule has 0 aliphatic heterocycles. The van der Waals surface area contributed by atoms with Crippen molar-refractivity contribution in [3.63, 3.8) is 0 Å². The van der Waals surface area contributed by atoms with Crippen LogP contribution in [0, 0.1) is 0 Å². The lowest BCUT2D eigenvalue weighted by molar-refractivity contribution is 1.30. The van der Waals surface area contributed by atoms with E-state index in [2.05, 4.69) is 6.07 Å². The molecule has 0 unspecified atom stereocenters. The van der Waals surface area contributed by atoms with Gasteiger partial charge in [0.25, 0.3) is 0 Å². The van der Waals surface area contributed by atoms with Crippen molar-refractivity contribution in [2.75, 3.05) is 4.90 Å². The van der Waals surface area contributed by atoms with Gasteiger partial charge in [-0.1, -0.05) is 176 Å². The lowest BCUT2D eigenvalue weighted by atomic mass is 9.91. The fourth-order valence-electron chi connectivity index (χ4n) is 6.52. The van der Waals surface area contributed by atoms with E-state index in [1.807, 2.05) is 103 Å². The average molecular weight is 664 g/mol. The Labute approximate surface area is 319 Å². The molecule has 0 N–H and O–H groups in total. The molecule has 9 aromatic carbocycles. The molecule has 0 amide bonds. The van der Waals surface area contributed by atoms with Crippen molar-refractivity contribution in [1.29, 1.82) is 0 Å². The van der Waals surface area contributed by atoms with Crippen LogP contribution in [0.3, 0.4) is 0 Å². The first-order chi connectivity index (χ1) is 31.1. The Kier molecular flexibility index (Phi) is 4.93. The van der Waals surface area contributed by atoms with E-state index in [4.69, 9.17) is 13.7 Å². The van der Waals surface area contributed by atoms with Gasteiger partial charge in [0.05, 0.1) is 24.9 Å². The zero-order valence-electron chi connectivity index (χ0n) is 41.1. The molecular formula is C50H35N. The highest BCUT2D eigenvalue weighted by Crippen LogP contribution is 2.41. The Morgan fingerprint density at radius 1 is 0.333 bits per heavy atom. The largest absolute Gasteiger partial charge is 0.310 e. The van der Waals surface area contributed by atoms with E-state index in [1.165, 1.54) is 18.2 Å². The zero-order chi connectivity index (χ0) is 46.2. The Hall–Kier alpha value is -6.70. The van der Waals surface area contributed by atoms with E-state index in [9.17, 15) is 5.48 Å². The summed E-state index contributed by atoms with van der Waals surface area (Å²) in [5.74, 6) is 0. The molecule has 0 radical (unpaired) electrons. The van der Waals surface area contributed by atoms with E-state index in [0.29, 0.717) is 11.4 Å². The summed E-state index contributed by atoms with van der Waals surface area (Å²) in [4.78, 5) is 1.71. The lowest BCUT2D eigenvalue weighted by Crippen LogP contribution is -2.10. The van der Waals surface area contributed by atoms with Crippen LogP contribution in [0.15, 0.2) is 212 Å². The fraction of sp³-hybridized carbons (Fsp3) is 0. The van der Waals surface area contributed by atoms with Crippen molar-refractivity contribution in [1.82, 2.24) is 0 Å². The highest BCUT2D eigenvalue weighted by atomic mass is 15.1. The fourth-order valence-corrected chi connectivity index (χ4v) is 6.52. The smallest absolute Gasteiger partial charge is 0.0645 e. The third kappa shape index (κ3) is 5.86. The summed E-state index contributed by atoms with van der Waals surface area (Å²) < 4.78 is 124. The van der Waals surface area contributed by atoms with E-state index in [-0.39, 0.29) is 39.1 Å². The Morgan fingerprint density at radius 3 is 1.61 bits per heavy atom. The Balaban J connectivity index is 1.28. The zero-order valence-corrected chi connectivity index (χ0v) is 27.1. The molecule has 51 heavy (non-hydrogen) atoms. The maximum absolute atomic E-state index is 9.62. The van der Waals surface area contributed by atoms with Gasteiger partial charge in [0, 0.05) is 16.8 Å². The minimum atomic E-state index is -0.675. The summed E-state index contributed by atoms with van der Waals surface area (Å²) in [6.45, 7) is 0. The van der Waals surface area contributed by atoms with Crippen LogP contribution in [0.1, 0.15) is 19.2 Å². The summed E-state index contributed by atoms with van der Waals surface area (Å²) in [6, 6.07) is 31.1. The second-order valence-corrected chi connectivity index (χ2v) is 11.9. The van der Waals surface area contributed by atoms with Crippen molar-refractivity contribution in [2.24, 2.45) is 0 Å². The molecule has 1 nitrogen and oxygen atoms in total. The van der Waals surface area contributed by atoms with Gasteiger partial charge in [0.2, 0.25) is 0 Å². The predicted octanol–water partition coefficient (Wildman–Crippen LogP) is 14.1. The van der Waals surface area contributed by atoms with Crippen molar-refractivity contribution in [3.05, 3.63) is 212 Å². The summed E-state index contributed by atoms with van der Waals surface area (Å²) in [7, 11) is 0. The first-order valence-corrected chi connectivity index (χ1v) is 16.4. The van der Waals surface area contributed by atoms with E-state index in [0.717, 1.165) is 32.7 Å². The maximum atomic E-state index is 9.62. The maximum Gasteiger partial charge on any atom is 0.0645 e. The standard InChI is InChI=1S/C50H35N/c1-3-13-37(14-4-1)47-34-29-42(35-49(47)40-15-5-2-6-16-40)36-25-30-43(31-26-36)51(50-24-12-20-39-18-8-10-22-48(39)50)44-32-27-41(28-33-44)46-23-11-19-38-17-7-9-21-45(38)46/h1-35H/i1D,2D,3D,4D,5D,6D,13D,14D,15D,16D,25D,26D,30D,31D. The molecule has 0 aliphatic carbocycles. The SMILES string of the molecule is [2H]c1c([2H])c([2H])c(-c2ccc(-c3c([2H])c([2H])c(N(c4ccc(-c5cccc6ccccc56)cc4)c4cccc5ccccc45)c([2H])c3[2H])cc2-c2c([2H])c([2H])c([2H])c([2H])c2[2H])c([2H])c1[2H]. The van der Waals surface area contributed by atoms with Crippen LogP contribution in [0.25, 0.3) is 66.1 Å². The normalized spacial score (nSPS) is 15.0. The topological polar surface area (TPSA) is 3.24 Å². The van der Waals surface area contributed by atoms with Gasteiger partial charge in [-0.15, -0.1) is 0 Å². The van der Waals surface area contributed by atoms with Crippen LogP contribution in [0.5, 0.6) is 0 Å². The second-order valence-electron chi connectivity index (χ2n) is 11.9. The monoisotopic (exact) mass is 663 g/mol. The quantitative estimate of drug-likeness (QED) is 0.164. The third-order valence-electron chi connectivity index (χ3n) is 8.92. The minimum Gasteiger partial charge on any atom is -0.310 e. The molecule has 0 saturated carbocycles. The number of rotatable bonds is 7. The minimum absolute atomic E-state index is 0.0420. The van der Waals surface area contributed by atoms with Gasteiger partial charge in [-0.25, -0.2) is 0 Å². The molecule has 0 atom stereocenters. The van der Waals surface area contributed by atoms with Gasteiger partial charge >= 0.3 is 0 Å². The van der Waals surface area contributed by atoms with Crippen LogP contribution in [0.4, 0.5) is 17.1 Å². The lowest BCUT2D eigenvalue weighted by Gasteiger charge is -2.27. The summed E-state index contributed by atoms with van der Waals surface area (Å²) in [6.07, 6.45) is 0. The predicted molar refractivity (Wildman–Crippen MR) is 218 cm³/mol. The van der Waals surface area contributed by atoms with Crippen LogP contribution >= 0.6 is 0 Å². The molecule has 0 heterocycles. The highest BCUT2D eigenvalue weighted by Gasteiger charge is 2.17. The Morgan fingerprint density at radius 2 is 0.902 bits per heavy atom. The molecular weight excluding hydrogens is 615 g/mol. The van der Waals surface area contributed by atoms with Gasteiger partial charge in [-0.3, -0.25) is 0 Å². The van der Waals surface area contributed by atoms with E-state index in [1.54, 1.807) is 4.90 Å². The molecule has 9 aromatic rings. The number of hydrogen-bond donors (Lipinski definition) is 0. The molecule has 0 fully saturated rings. The molecule has 240 valence electrons. The number of hydrogen-bond acceptors (Lipinski definition) is 1. The molecule has 0 saturated heterocycles. The average Bonchev–Trinajstić information content (AvgIpc) is 3.32. The number of benzene rings is 9. The third-order valence-corrected chi connectivity index (χ3v) is 8.92. The summed E-state index contributed by atoms with van der Waals surface area (Å²) in [5, 5.41) is 3.83. The van der Waals surface area contributed by atoms with Gasteiger partial charge in [-0.2, -0.15) is 0 Å². The van der Waals surface area contributed by atoms with Crippen molar-refractivity contribution in [3.8, 4) is 44.5 Å². The van der Waals surface area contributed by atoms with Gasteiger partial charge in [0.1, 0.15) is 0 Å². The molecule has 0 aromatic heterocycles. The van der Waals surface area contributed by atoms with E-state index >= 15 is 0 Å². The summed E-state index contributed by atoms with van der Waals surface area (Å²) >= 11 is 0. The number of anilines is 3.